The summed E-state index contributed by atoms with van der Waals surface area (Å²) in [5.41, 5.74) is 1.73. The van der Waals surface area contributed by atoms with Gasteiger partial charge in [0.25, 0.3) is 0 Å². The lowest BCUT2D eigenvalue weighted by molar-refractivity contribution is 0.101. The number of benzene rings is 3. The van der Waals surface area contributed by atoms with E-state index in [2.05, 4.69) is 0 Å². The van der Waals surface area contributed by atoms with Crippen LogP contribution in [0.2, 0.25) is 0 Å². The number of furan rings is 1. The quantitative estimate of drug-likeness (QED) is 0.364. The summed E-state index contributed by atoms with van der Waals surface area (Å²) in [7, 11) is 0. The second-order valence-corrected chi connectivity index (χ2v) is 6.99. The fraction of sp³-hybridized carbons (Fsp3) is 0. The van der Waals surface area contributed by atoms with Crippen molar-refractivity contribution < 1.29 is 23.5 Å². The van der Waals surface area contributed by atoms with Gasteiger partial charge in [0.15, 0.2) is 5.76 Å². The highest BCUT2D eigenvalue weighted by Gasteiger charge is 2.29. The van der Waals surface area contributed by atoms with Gasteiger partial charge in [-0.05, 0) is 48.5 Å². The predicted octanol–water partition coefficient (Wildman–Crippen LogP) is 6.23. The molecule has 6 nitrogen and oxygen atoms in total. The smallest absolute Gasteiger partial charge is 0.424 e. The maximum atomic E-state index is 13.1. The molecule has 0 radical (unpaired) electrons. The van der Waals surface area contributed by atoms with Gasteiger partial charge in [-0.1, -0.05) is 36.4 Å². The van der Waals surface area contributed by atoms with Gasteiger partial charge < -0.3 is 13.9 Å². The van der Waals surface area contributed by atoms with E-state index in [1.54, 1.807) is 24.3 Å². The van der Waals surface area contributed by atoms with Crippen molar-refractivity contribution in [1.82, 2.24) is 0 Å². The van der Waals surface area contributed by atoms with Gasteiger partial charge in [0.2, 0.25) is 5.78 Å². The van der Waals surface area contributed by atoms with Crippen molar-refractivity contribution in [1.29, 1.82) is 0 Å². The predicted molar refractivity (Wildman–Crippen MR) is 119 cm³/mol. The van der Waals surface area contributed by atoms with Crippen molar-refractivity contribution in [2.75, 3.05) is 4.90 Å². The van der Waals surface area contributed by atoms with Crippen molar-refractivity contribution in [3.8, 4) is 11.5 Å². The number of fused-ring (bicyclic) bond motifs is 1. The van der Waals surface area contributed by atoms with Crippen molar-refractivity contribution in [2.24, 2.45) is 0 Å². The Labute approximate surface area is 183 Å². The molecule has 0 saturated carbocycles. The fourth-order valence-electron chi connectivity index (χ4n) is 3.39. The van der Waals surface area contributed by atoms with E-state index in [9.17, 15) is 9.59 Å². The summed E-state index contributed by atoms with van der Waals surface area (Å²) in [4.78, 5) is 27.2. The van der Waals surface area contributed by atoms with Gasteiger partial charge in [0.1, 0.15) is 17.3 Å². The first-order chi connectivity index (χ1) is 15.7. The number of ketones is 1. The van der Waals surface area contributed by atoms with Gasteiger partial charge in [-0.25, -0.2) is 9.69 Å². The first kappa shape index (κ1) is 19.4. The third-order valence-electron chi connectivity index (χ3n) is 4.87. The van der Waals surface area contributed by atoms with Gasteiger partial charge >= 0.3 is 6.09 Å². The topological polar surface area (TPSA) is 69.0 Å². The van der Waals surface area contributed by atoms with E-state index < -0.39 is 6.09 Å². The van der Waals surface area contributed by atoms with Gasteiger partial charge in [-0.2, -0.15) is 0 Å². The number of hydrogen-bond acceptors (Lipinski definition) is 5. The molecule has 0 atom stereocenters. The first-order valence-electron chi connectivity index (χ1n) is 9.93. The van der Waals surface area contributed by atoms with Gasteiger partial charge in [-0.3, -0.25) is 4.79 Å². The van der Waals surface area contributed by atoms with Crippen LogP contribution in [0.3, 0.4) is 0 Å². The number of amides is 1. The third kappa shape index (κ3) is 3.77. The van der Waals surface area contributed by atoms with E-state index >= 15 is 0 Å². The van der Waals surface area contributed by atoms with E-state index in [1.165, 1.54) is 23.3 Å². The zero-order chi connectivity index (χ0) is 21.9. The normalized spacial score (nSPS) is 13.5. The Morgan fingerprint density at radius 3 is 2.16 bits per heavy atom. The molecule has 6 heteroatoms. The Bertz CT molecular complexity index is 1260. The molecular weight excluding hydrogens is 406 g/mol. The molecule has 156 valence electrons. The average Bonchev–Trinajstić information content (AvgIpc) is 3.43. The molecule has 2 heterocycles. The van der Waals surface area contributed by atoms with Gasteiger partial charge in [-0.15, -0.1) is 0 Å². The number of hydrogen-bond donors (Lipinski definition) is 0. The van der Waals surface area contributed by atoms with Crippen LogP contribution in [-0.4, -0.2) is 11.9 Å². The number of carbonyl (C=O) groups is 2. The highest BCUT2D eigenvalue weighted by molar-refractivity contribution is 6.14. The number of nitrogens with zero attached hydrogens (tertiary/aromatic N) is 1. The maximum absolute atomic E-state index is 13.1. The zero-order valence-corrected chi connectivity index (χ0v) is 16.8. The molecule has 32 heavy (non-hydrogen) atoms. The highest BCUT2D eigenvalue weighted by atomic mass is 16.6. The Balaban J connectivity index is 1.41. The standard InChI is InChI=1S/C26H17NO5/c28-25-22-14-13-21(17-23(22)32-24(25)16-20-12-7-15-30-20)31-26(29)27(18-8-3-1-4-9-18)19-10-5-2-6-11-19/h1-17H. The number of Topliss-reactive ketones (excluding diaryl/α,β-unsaturated/α-hetero) is 1. The molecule has 1 amide bonds. The summed E-state index contributed by atoms with van der Waals surface area (Å²) in [5, 5.41) is 0. The third-order valence-corrected chi connectivity index (χ3v) is 4.87. The average molecular weight is 423 g/mol. The molecule has 1 aliphatic heterocycles. The van der Waals surface area contributed by atoms with Crippen molar-refractivity contribution in [3.05, 3.63) is 114 Å². The SMILES string of the molecule is O=C1C(=Cc2ccco2)Oc2cc(OC(=O)N(c3ccccc3)c3ccccc3)ccc21. The van der Waals surface area contributed by atoms with Crippen LogP contribution in [0.5, 0.6) is 11.5 Å². The molecule has 0 unspecified atom stereocenters. The maximum Gasteiger partial charge on any atom is 0.424 e. The number of rotatable bonds is 4. The van der Waals surface area contributed by atoms with Crippen LogP contribution in [0.25, 0.3) is 6.08 Å². The second-order valence-electron chi connectivity index (χ2n) is 6.99. The lowest BCUT2D eigenvalue weighted by atomic mass is 10.1. The fourth-order valence-corrected chi connectivity index (χ4v) is 3.39. The van der Waals surface area contributed by atoms with Crippen LogP contribution in [0.1, 0.15) is 16.1 Å². The Morgan fingerprint density at radius 2 is 1.53 bits per heavy atom. The van der Waals surface area contributed by atoms with E-state index in [0.29, 0.717) is 28.4 Å². The van der Waals surface area contributed by atoms with Crippen LogP contribution in [-0.2, 0) is 0 Å². The summed E-state index contributed by atoms with van der Waals surface area (Å²) < 4.78 is 16.6. The highest BCUT2D eigenvalue weighted by Crippen LogP contribution is 2.35. The Morgan fingerprint density at radius 1 is 0.844 bits per heavy atom. The molecule has 0 N–H and O–H groups in total. The zero-order valence-electron chi connectivity index (χ0n) is 16.8. The van der Waals surface area contributed by atoms with E-state index in [-0.39, 0.29) is 17.3 Å². The van der Waals surface area contributed by atoms with Crippen LogP contribution >= 0.6 is 0 Å². The largest absolute Gasteiger partial charge is 0.465 e. The summed E-state index contributed by atoms with van der Waals surface area (Å²) in [5.74, 6) is 0.981. The monoisotopic (exact) mass is 423 g/mol. The van der Waals surface area contributed by atoms with E-state index in [4.69, 9.17) is 13.9 Å². The molecule has 0 spiro atoms. The summed E-state index contributed by atoms with van der Waals surface area (Å²) in [6.07, 6.45) is 2.46. The molecule has 0 saturated heterocycles. The number of anilines is 2. The second kappa shape index (κ2) is 8.28. The summed E-state index contributed by atoms with van der Waals surface area (Å²) >= 11 is 0. The van der Waals surface area contributed by atoms with Crippen molar-refractivity contribution in [2.45, 2.75) is 0 Å². The molecule has 3 aromatic carbocycles. The Kier molecular flexibility index (Phi) is 5.01. The molecule has 1 aromatic heterocycles. The molecule has 4 aromatic rings. The van der Waals surface area contributed by atoms with E-state index in [0.717, 1.165) is 0 Å². The van der Waals surface area contributed by atoms with E-state index in [1.807, 2.05) is 60.7 Å². The number of para-hydroxylation sites is 2. The van der Waals surface area contributed by atoms with Crippen LogP contribution in [0.15, 0.2) is 107 Å². The van der Waals surface area contributed by atoms with Crippen molar-refractivity contribution in [3.63, 3.8) is 0 Å². The minimum atomic E-state index is -0.585. The summed E-state index contributed by atoms with van der Waals surface area (Å²) in [6, 6.07) is 26.6. The molecular formula is C26H17NO5. The molecule has 0 bridgehead atoms. The molecule has 1 aliphatic rings. The summed E-state index contributed by atoms with van der Waals surface area (Å²) in [6.45, 7) is 0. The number of allylic oxidation sites excluding steroid dienone is 1. The van der Waals surface area contributed by atoms with Gasteiger partial charge in [0, 0.05) is 12.1 Å². The number of ether oxygens (including phenoxy) is 2. The lowest BCUT2D eigenvalue weighted by Crippen LogP contribution is -2.29. The van der Waals surface area contributed by atoms with Crippen molar-refractivity contribution >= 4 is 29.3 Å². The Hall–Kier alpha value is -4.58. The molecule has 0 aliphatic carbocycles. The first-order valence-corrected chi connectivity index (χ1v) is 9.93. The molecule has 0 fully saturated rings. The van der Waals surface area contributed by atoms with Crippen LogP contribution in [0, 0.1) is 0 Å². The van der Waals surface area contributed by atoms with Gasteiger partial charge in [0.05, 0.1) is 23.2 Å². The van der Waals surface area contributed by atoms with Crippen LogP contribution in [0.4, 0.5) is 16.2 Å². The minimum Gasteiger partial charge on any atom is -0.465 e. The molecule has 5 rings (SSSR count). The number of carbonyl (C=O) groups excluding carboxylic acids is 2. The van der Waals surface area contributed by atoms with Crippen LogP contribution < -0.4 is 14.4 Å². The minimum absolute atomic E-state index is 0.147. The lowest BCUT2D eigenvalue weighted by Gasteiger charge is -2.22.